The molecule has 0 saturated carbocycles. The molecule has 0 radical (unpaired) electrons. The van der Waals surface area contributed by atoms with Crippen LogP contribution in [0.25, 0.3) is 0 Å². The summed E-state index contributed by atoms with van der Waals surface area (Å²) in [5.74, 6) is 0.562. The Labute approximate surface area is 109 Å². The first-order valence-electron chi connectivity index (χ1n) is 6.44. The lowest BCUT2D eigenvalue weighted by Crippen LogP contribution is -2.42. The molecular formula is C13H26BrNO. The van der Waals surface area contributed by atoms with Gasteiger partial charge in [0, 0.05) is 23.8 Å². The van der Waals surface area contributed by atoms with Gasteiger partial charge in [0.25, 0.3) is 0 Å². The molecule has 0 aromatic carbocycles. The summed E-state index contributed by atoms with van der Waals surface area (Å²) in [7, 11) is 0. The second-order valence-electron chi connectivity index (χ2n) is 4.56. The summed E-state index contributed by atoms with van der Waals surface area (Å²) in [5, 5.41) is 0.862. The van der Waals surface area contributed by atoms with Gasteiger partial charge in [0.2, 0.25) is 5.91 Å². The van der Waals surface area contributed by atoms with Crippen LogP contribution in [0.4, 0.5) is 0 Å². The molecule has 1 atom stereocenters. The number of halogens is 1. The normalized spacial score (nSPS) is 12.9. The first kappa shape index (κ1) is 16.0. The maximum Gasteiger partial charge on any atom is 0.225 e. The van der Waals surface area contributed by atoms with Crippen molar-refractivity contribution in [2.75, 3.05) is 11.9 Å². The Bertz CT molecular complexity index is 194. The molecule has 3 heteroatoms. The average molecular weight is 292 g/mol. The Morgan fingerprint density at radius 2 is 1.94 bits per heavy atom. The third kappa shape index (κ3) is 5.33. The van der Waals surface area contributed by atoms with Gasteiger partial charge in [-0.1, -0.05) is 42.6 Å². The number of alkyl halides is 1. The van der Waals surface area contributed by atoms with Crippen LogP contribution in [0, 0.1) is 5.92 Å². The van der Waals surface area contributed by atoms with Crippen LogP contribution in [-0.4, -0.2) is 28.7 Å². The fourth-order valence-electron chi connectivity index (χ4n) is 1.90. The Kier molecular flexibility index (Phi) is 9.00. The van der Waals surface area contributed by atoms with E-state index in [-0.39, 0.29) is 5.92 Å². The predicted octanol–water partition coefficient (Wildman–Crippen LogP) is 3.83. The zero-order valence-electron chi connectivity index (χ0n) is 11.1. The van der Waals surface area contributed by atoms with Gasteiger partial charge in [0.1, 0.15) is 0 Å². The van der Waals surface area contributed by atoms with Crippen molar-refractivity contribution >= 4 is 21.8 Å². The number of hydrogen-bond acceptors (Lipinski definition) is 1. The van der Waals surface area contributed by atoms with Crippen molar-refractivity contribution < 1.29 is 4.79 Å². The van der Waals surface area contributed by atoms with E-state index in [1.807, 2.05) is 4.90 Å². The molecule has 1 unspecified atom stereocenters. The highest BCUT2D eigenvalue weighted by Gasteiger charge is 2.23. The largest absolute Gasteiger partial charge is 0.339 e. The maximum atomic E-state index is 12.3. The van der Waals surface area contributed by atoms with Gasteiger partial charge in [-0.05, 0) is 26.7 Å². The van der Waals surface area contributed by atoms with Crippen molar-refractivity contribution in [1.82, 2.24) is 4.90 Å². The van der Waals surface area contributed by atoms with Gasteiger partial charge in [0.05, 0.1) is 0 Å². The number of carbonyl (C=O) groups excluding carboxylic acids is 1. The molecule has 0 heterocycles. The standard InChI is InChI=1S/C13H26BrNO/c1-5-7-8-12(6-2)13(16)15(10-9-14)11(3)4/h11-12H,5-10H2,1-4H3. The average Bonchev–Trinajstić information content (AvgIpc) is 2.26. The quantitative estimate of drug-likeness (QED) is 0.623. The molecule has 96 valence electrons. The highest BCUT2D eigenvalue weighted by atomic mass is 79.9. The van der Waals surface area contributed by atoms with E-state index in [1.165, 1.54) is 6.42 Å². The third-order valence-corrected chi connectivity index (χ3v) is 3.33. The summed E-state index contributed by atoms with van der Waals surface area (Å²) >= 11 is 3.42. The summed E-state index contributed by atoms with van der Waals surface area (Å²) in [6.07, 6.45) is 4.33. The van der Waals surface area contributed by atoms with E-state index >= 15 is 0 Å². The summed E-state index contributed by atoms with van der Waals surface area (Å²) in [5.41, 5.74) is 0. The second-order valence-corrected chi connectivity index (χ2v) is 5.35. The van der Waals surface area contributed by atoms with Crippen LogP contribution in [0.3, 0.4) is 0 Å². The number of unbranched alkanes of at least 4 members (excludes halogenated alkanes) is 1. The zero-order valence-corrected chi connectivity index (χ0v) is 12.7. The van der Waals surface area contributed by atoms with E-state index < -0.39 is 0 Å². The Morgan fingerprint density at radius 1 is 1.31 bits per heavy atom. The summed E-state index contributed by atoms with van der Waals surface area (Å²) < 4.78 is 0. The van der Waals surface area contributed by atoms with Gasteiger partial charge in [-0.2, -0.15) is 0 Å². The van der Waals surface area contributed by atoms with E-state index in [1.54, 1.807) is 0 Å². The molecule has 0 spiro atoms. The van der Waals surface area contributed by atoms with Crippen LogP contribution in [0.1, 0.15) is 53.4 Å². The number of nitrogens with zero attached hydrogens (tertiary/aromatic N) is 1. The van der Waals surface area contributed by atoms with Crippen molar-refractivity contribution in [3.63, 3.8) is 0 Å². The maximum absolute atomic E-state index is 12.3. The minimum absolute atomic E-state index is 0.224. The highest BCUT2D eigenvalue weighted by Crippen LogP contribution is 2.17. The van der Waals surface area contributed by atoms with Crippen molar-refractivity contribution in [2.24, 2.45) is 5.92 Å². The van der Waals surface area contributed by atoms with E-state index in [2.05, 4.69) is 43.6 Å². The topological polar surface area (TPSA) is 20.3 Å². The molecule has 0 aromatic heterocycles. The fraction of sp³-hybridized carbons (Fsp3) is 0.923. The van der Waals surface area contributed by atoms with Gasteiger partial charge in [-0.3, -0.25) is 4.79 Å². The molecule has 0 aliphatic heterocycles. The summed E-state index contributed by atoms with van der Waals surface area (Å²) in [6.45, 7) is 9.29. The zero-order chi connectivity index (χ0) is 12.6. The third-order valence-electron chi connectivity index (χ3n) is 2.98. The van der Waals surface area contributed by atoms with Gasteiger partial charge in [-0.15, -0.1) is 0 Å². The van der Waals surface area contributed by atoms with Crippen LogP contribution < -0.4 is 0 Å². The second kappa shape index (κ2) is 9.03. The molecule has 0 aliphatic rings. The number of rotatable bonds is 8. The molecule has 16 heavy (non-hydrogen) atoms. The van der Waals surface area contributed by atoms with Crippen LogP contribution in [-0.2, 0) is 4.79 Å². The molecule has 0 aliphatic carbocycles. The van der Waals surface area contributed by atoms with Crippen molar-refractivity contribution in [2.45, 2.75) is 59.4 Å². The minimum atomic E-state index is 0.224. The molecular weight excluding hydrogens is 266 g/mol. The Hall–Kier alpha value is -0.0500. The molecule has 0 bridgehead atoms. The first-order valence-corrected chi connectivity index (χ1v) is 7.56. The minimum Gasteiger partial charge on any atom is -0.339 e. The number of amides is 1. The lowest BCUT2D eigenvalue weighted by atomic mass is 9.97. The van der Waals surface area contributed by atoms with Crippen molar-refractivity contribution in [3.8, 4) is 0 Å². The van der Waals surface area contributed by atoms with Crippen LogP contribution in [0.2, 0.25) is 0 Å². The molecule has 1 amide bonds. The molecule has 2 nitrogen and oxygen atoms in total. The number of carbonyl (C=O) groups is 1. The molecule has 0 saturated heterocycles. The highest BCUT2D eigenvalue weighted by molar-refractivity contribution is 9.09. The SMILES string of the molecule is CCCCC(CC)C(=O)N(CCBr)C(C)C. The van der Waals surface area contributed by atoms with Gasteiger partial charge < -0.3 is 4.90 Å². The molecule has 0 aromatic rings. The van der Waals surface area contributed by atoms with Gasteiger partial charge in [-0.25, -0.2) is 0 Å². The fourth-order valence-corrected chi connectivity index (χ4v) is 2.28. The van der Waals surface area contributed by atoms with Crippen LogP contribution >= 0.6 is 15.9 Å². The van der Waals surface area contributed by atoms with Crippen LogP contribution in [0.15, 0.2) is 0 Å². The van der Waals surface area contributed by atoms with E-state index in [9.17, 15) is 4.79 Å². The molecule has 0 rings (SSSR count). The molecule has 0 N–H and O–H groups in total. The van der Waals surface area contributed by atoms with E-state index in [0.717, 1.165) is 31.1 Å². The van der Waals surface area contributed by atoms with E-state index in [4.69, 9.17) is 0 Å². The molecule has 0 fully saturated rings. The predicted molar refractivity (Wildman–Crippen MR) is 73.9 cm³/mol. The number of hydrogen-bond donors (Lipinski definition) is 0. The first-order chi connectivity index (χ1) is 7.58. The van der Waals surface area contributed by atoms with Crippen molar-refractivity contribution in [1.29, 1.82) is 0 Å². The van der Waals surface area contributed by atoms with Crippen molar-refractivity contribution in [3.05, 3.63) is 0 Å². The lowest BCUT2D eigenvalue weighted by Gasteiger charge is -2.30. The monoisotopic (exact) mass is 291 g/mol. The Balaban J connectivity index is 4.42. The lowest BCUT2D eigenvalue weighted by molar-refractivity contribution is -0.137. The summed E-state index contributed by atoms with van der Waals surface area (Å²) in [6, 6.07) is 0.306. The van der Waals surface area contributed by atoms with Crippen LogP contribution in [0.5, 0.6) is 0 Å². The smallest absolute Gasteiger partial charge is 0.225 e. The summed E-state index contributed by atoms with van der Waals surface area (Å²) in [4.78, 5) is 14.3. The van der Waals surface area contributed by atoms with Gasteiger partial charge >= 0.3 is 0 Å². The van der Waals surface area contributed by atoms with Gasteiger partial charge in [0.15, 0.2) is 0 Å². The van der Waals surface area contributed by atoms with E-state index in [0.29, 0.717) is 11.9 Å². The Morgan fingerprint density at radius 3 is 2.31 bits per heavy atom.